The van der Waals surface area contributed by atoms with Gasteiger partial charge in [-0.3, -0.25) is 13.8 Å². The highest BCUT2D eigenvalue weighted by Crippen LogP contribution is 2.34. The summed E-state index contributed by atoms with van der Waals surface area (Å²) in [5.41, 5.74) is 3.99. The lowest BCUT2D eigenvalue weighted by molar-refractivity contribution is -0.116. The van der Waals surface area contributed by atoms with Crippen LogP contribution in [0.15, 0.2) is 47.4 Å². The normalized spacial score (nSPS) is 13.4. The molecular formula is C22H23ClN4O3S. The number of carbonyl (C=O) groups is 1. The number of benzene rings is 2. The molecule has 0 atom stereocenters. The quantitative estimate of drug-likeness (QED) is 0.629. The van der Waals surface area contributed by atoms with E-state index in [1.54, 1.807) is 26.0 Å². The Morgan fingerprint density at radius 2 is 1.90 bits per heavy atom. The molecular weight excluding hydrogens is 436 g/mol. The van der Waals surface area contributed by atoms with Crippen molar-refractivity contribution in [3.63, 3.8) is 0 Å². The van der Waals surface area contributed by atoms with Gasteiger partial charge in [0.2, 0.25) is 5.91 Å². The third-order valence-corrected chi connectivity index (χ3v) is 7.93. The van der Waals surface area contributed by atoms with E-state index in [1.165, 1.54) is 8.99 Å². The van der Waals surface area contributed by atoms with E-state index < -0.39 is 10.0 Å². The molecule has 1 aliphatic heterocycles. The Bertz CT molecular complexity index is 1280. The number of sulfonamides is 1. The third kappa shape index (κ3) is 3.93. The highest BCUT2D eigenvalue weighted by Gasteiger charge is 2.35. The van der Waals surface area contributed by atoms with Crippen molar-refractivity contribution in [3.05, 3.63) is 70.0 Å². The fourth-order valence-corrected chi connectivity index (χ4v) is 5.95. The molecule has 0 saturated carbocycles. The average molecular weight is 459 g/mol. The minimum absolute atomic E-state index is 0.107. The maximum Gasteiger partial charge on any atom is 0.268 e. The van der Waals surface area contributed by atoms with E-state index in [1.807, 2.05) is 37.3 Å². The molecule has 1 amide bonds. The van der Waals surface area contributed by atoms with Crippen LogP contribution in [0.4, 0.5) is 11.4 Å². The number of hydrogen-bond donors (Lipinski definition) is 1. The number of fused-ring (bicyclic) bond motifs is 1. The number of rotatable bonds is 5. The Hall–Kier alpha value is -2.84. The van der Waals surface area contributed by atoms with Crippen molar-refractivity contribution in [3.8, 4) is 0 Å². The van der Waals surface area contributed by atoms with Crippen molar-refractivity contribution in [2.75, 3.05) is 16.2 Å². The second kappa shape index (κ2) is 8.01. The Labute approximate surface area is 186 Å². The Kier molecular flexibility index (Phi) is 5.53. The summed E-state index contributed by atoms with van der Waals surface area (Å²) in [6, 6.07) is 12.8. The molecule has 0 spiro atoms. The van der Waals surface area contributed by atoms with Crippen LogP contribution >= 0.6 is 11.6 Å². The average Bonchev–Trinajstić information content (AvgIpc) is 3.26. The zero-order chi connectivity index (χ0) is 22.3. The maximum absolute atomic E-state index is 13.5. The van der Waals surface area contributed by atoms with Crippen LogP contribution in [0.25, 0.3) is 0 Å². The van der Waals surface area contributed by atoms with Gasteiger partial charge in [0.1, 0.15) is 11.4 Å². The minimum atomic E-state index is -3.80. The zero-order valence-corrected chi connectivity index (χ0v) is 19.1. The van der Waals surface area contributed by atoms with Crippen molar-refractivity contribution in [1.82, 2.24) is 9.78 Å². The molecule has 1 aromatic heterocycles. The highest BCUT2D eigenvalue weighted by atomic mass is 35.5. The maximum atomic E-state index is 13.5. The van der Waals surface area contributed by atoms with E-state index in [9.17, 15) is 13.2 Å². The fraction of sp³-hybridized carbons (Fsp3) is 0.273. The summed E-state index contributed by atoms with van der Waals surface area (Å²) in [4.78, 5) is 12.7. The van der Waals surface area contributed by atoms with E-state index in [-0.39, 0.29) is 17.3 Å². The first-order valence-corrected chi connectivity index (χ1v) is 11.7. The molecule has 7 nitrogen and oxygen atoms in total. The van der Waals surface area contributed by atoms with Crippen LogP contribution in [-0.2, 0) is 27.8 Å². The molecule has 0 aliphatic carbocycles. The van der Waals surface area contributed by atoms with E-state index in [4.69, 9.17) is 11.6 Å². The number of amides is 1. The number of anilines is 2. The second-order valence-corrected chi connectivity index (χ2v) is 9.83. The number of para-hydroxylation sites is 1. The lowest BCUT2D eigenvalue weighted by Gasteiger charge is -2.19. The fourth-order valence-electron chi connectivity index (χ4n) is 3.88. The predicted octanol–water partition coefficient (Wildman–Crippen LogP) is 3.85. The Morgan fingerprint density at radius 1 is 1.16 bits per heavy atom. The van der Waals surface area contributed by atoms with Crippen LogP contribution in [0.2, 0.25) is 5.02 Å². The van der Waals surface area contributed by atoms with Crippen LogP contribution in [0.5, 0.6) is 0 Å². The first-order chi connectivity index (χ1) is 14.7. The summed E-state index contributed by atoms with van der Waals surface area (Å²) in [5, 5.41) is 7.68. The first-order valence-electron chi connectivity index (χ1n) is 9.89. The summed E-state index contributed by atoms with van der Waals surface area (Å²) in [6.07, 6.45) is 0.670. The number of aryl methyl sites for hydroxylation is 2. The van der Waals surface area contributed by atoms with Gasteiger partial charge in [0.25, 0.3) is 10.0 Å². The van der Waals surface area contributed by atoms with Crippen molar-refractivity contribution in [1.29, 1.82) is 0 Å². The summed E-state index contributed by atoms with van der Waals surface area (Å²) in [5.74, 6) is -0.319. The van der Waals surface area contributed by atoms with Gasteiger partial charge in [0, 0.05) is 17.3 Å². The van der Waals surface area contributed by atoms with Crippen molar-refractivity contribution < 1.29 is 13.2 Å². The molecule has 1 N–H and O–H groups in total. The van der Waals surface area contributed by atoms with Gasteiger partial charge in [-0.05, 0) is 56.5 Å². The molecule has 3 aromatic rings. The highest BCUT2D eigenvalue weighted by molar-refractivity contribution is 7.93. The Morgan fingerprint density at radius 3 is 2.65 bits per heavy atom. The third-order valence-electron chi connectivity index (χ3n) is 5.46. The van der Waals surface area contributed by atoms with E-state index in [0.717, 1.165) is 11.1 Å². The SMILES string of the molecule is Cc1ccc(NC(=O)Cn2nc(C)c(S(=O)(=O)N3CCc4ccccc43)c2C)cc1Cl. The molecule has 31 heavy (non-hydrogen) atoms. The molecule has 162 valence electrons. The molecule has 9 heteroatoms. The summed E-state index contributed by atoms with van der Waals surface area (Å²) in [6.45, 7) is 5.48. The molecule has 2 heterocycles. The summed E-state index contributed by atoms with van der Waals surface area (Å²) < 4.78 is 29.8. The standard InChI is InChI=1S/C22H23ClN4O3S/c1-14-8-9-18(12-19(14)23)24-21(28)13-26-16(3)22(15(2)25-26)31(29,30)27-11-10-17-6-4-5-7-20(17)27/h4-9,12H,10-11,13H2,1-3H3,(H,24,28). The molecule has 0 unspecified atom stereocenters. The van der Waals surface area contributed by atoms with Gasteiger partial charge in [-0.2, -0.15) is 5.10 Å². The van der Waals surface area contributed by atoms with Gasteiger partial charge in [0.15, 0.2) is 0 Å². The summed E-state index contributed by atoms with van der Waals surface area (Å²) in [7, 11) is -3.80. The molecule has 2 aromatic carbocycles. The summed E-state index contributed by atoms with van der Waals surface area (Å²) >= 11 is 6.11. The van der Waals surface area contributed by atoms with E-state index in [2.05, 4.69) is 10.4 Å². The minimum Gasteiger partial charge on any atom is -0.324 e. The smallest absolute Gasteiger partial charge is 0.268 e. The number of carbonyl (C=O) groups excluding carboxylic acids is 1. The number of hydrogen-bond acceptors (Lipinski definition) is 4. The van der Waals surface area contributed by atoms with E-state index in [0.29, 0.717) is 40.8 Å². The molecule has 0 fully saturated rings. The lowest BCUT2D eigenvalue weighted by Crippen LogP contribution is -2.30. The van der Waals surface area contributed by atoms with Crippen LogP contribution < -0.4 is 9.62 Å². The monoisotopic (exact) mass is 458 g/mol. The van der Waals surface area contributed by atoms with Gasteiger partial charge in [-0.15, -0.1) is 0 Å². The molecule has 1 aliphatic rings. The lowest BCUT2D eigenvalue weighted by atomic mass is 10.2. The van der Waals surface area contributed by atoms with Gasteiger partial charge in [0.05, 0.1) is 17.1 Å². The van der Waals surface area contributed by atoms with E-state index >= 15 is 0 Å². The molecule has 0 saturated heterocycles. The second-order valence-electron chi connectivity index (χ2n) is 7.63. The molecule has 0 radical (unpaired) electrons. The van der Waals surface area contributed by atoms with Crippen molar-refractivity contribution in [2.24, 2.45) is 0 Å². The zero-order valence-electron chi connectivity index (χ0n) is 17.5. The van der Waals surface area contributed by atoms with Crippen LogP contribution in [-0.4, -0.2) is 30.7 Å². The first kappa shape index (κ1) is 21.4. The molecule has 0 bridgehead atoms. The topological polar surface area (TPSA) is 84.3 Å². The Balaban J connectivity index is 1.59. The number of nitrogens with zero attached hydrogens (tertiary/aromatic N) is 3. The van der Waals surface area contributed by atoms with Crippen molar-refractivity contribution >= 4 is 38.9 Å². The number of aromatic nitrogens is 2. The largest absolute Gasteiger partial charge is 0.324 e. The van der Waals surface area contributed by atoms with Crippen LogP contribution in [0.1, 0.15) is 22.5 Å². The van der Waals surface area contributed by atoms with Crippen LogP contribution in [0.3, 0.4) is 0 Å². The molecule has 4 rings (SSSR count). The van der Waals surface area contributed by atoms with Crippen LogP contribution in [0, 0.1) is 20.8 Å². The number of nitrogens with one attached hydrogen (secondary N) is 1. The number of halogens is 1. The van der Waals surface area contributed by atoms with Gasteiger partial charge in [-0.1, -0.05) is 35.9 Å². The predicted molar refractivity (Wildman–Crippen MR) is 121 cm³/mol. The van der Waals surface area contributed by atoms with Gasteiger partial charge in [-0.25, -0.2) is 8.42 Å². The van der Waals surface area contributed by atoms with Gasteiger partial charge >= 0.3 is 0 Å². The van der Waals surface area contributed by atoms with Gasteiger partial charge < -0.3 is 5.32 Å². The van der Waals surface area contributed by atoms with Crippen molar-refractivity contribution in [2.45, 2.75) is 38.6 Å².